The second-order valence-electron chi connectivity index (χ2n) is 9.11. The number of esters is 1. The number of rotatable bonds is 7. The van der Waals surface area contributed by atoms with Gasteiger partial charge in [0.25, 0.3) is 5.56 Å². The number of methoxy groups -OCH3 is 1. The number of aryl methyl sites for hydroxylation is 1. The number of hydrogen-bond acceptors (Lipinski definition) is 9. The van der Waals surface area contributed by atoms with Crippen LogP contribution in [0.3, 0.4) is 0 Å². The van der Waals surface area contributed by atoms with Crippen molar-refractivity contribution >= 4 is 29.1 Å². The van der Waals surface area contributed by atoms with Crippen LogP contribution in [-0.4, -0.2) is 29.5 Å². The van der Waals surface area contributed by atoms with Gasteiger partial charge in [0.1, 0.15) is 17.3 Å². The summed E-state index contributed by atoms with van der Waals surface area (Å²) in [5.74, 6) is 0.999. The largest absolute Gasteiger partial charge is 0.595 e. The first-order valence-corrected chi connectivity index (χ1v) is 13.3. The molecule has 2 aromatic heterocycles. The molecule has 4 aromatic rings. The summed E-state index contributed by atoms with van der Waals surface area (Å²) in [6, 6.07) is 14.9. The van der Waals surface area contributed by atoms with Crippen molar-refractivity contribution in [2.24, 2.45) is 4.99 Å². The predicted octanol–water partition coefficient (Wildman–Crippen LogP) is 2.78. The molecule has 0 fully saturated rings. The number of fused-ring (bicyclic) bond motifs is 1. The van der Waals surface area contributed by atoms with Crippen molar-refractivity contribution in [3.63, 3.8) is 0 Å². The number of thiazole rings is 1. The minimum absolute atomic E-state index is 0.186. The van der Waals surface area contributed by atoms with E-state index in [-0.39, 0.29) is 17.9 Å². The maximum Gasteiger partial charge on any atom is 0.338 e. The summed E-state index contributed by atoms with van der Waals surface area (Å²) in [5.41, 5.74) is 2.59. The number of hydrogen-bond donors (Lipinski definition) is 2. The second kappa shape index (κ2) is 11.1. The van der Waals surface area contributed by atoms with Crippen LogP contribution >= 0.6 is 11.3 Å². The zero-order valence-electron chi connectivity index (χ0n) is 22.3. The van der Waals surface area contributed by atoms with Gasteiger partial charge in [0.05, 0.1) is 35.6 Å². The van der Waals surface area contributed by atoms with E-state index in [2.05, 4.69) is 4.99 Å². The van der Waals surface area contributed by atoms with Crippen molar-refractivity contribution < 1.29 is 29.1 Å². The third-order valence-electron chi connectivity index (χ3n) is 6.60. The molecule has 2 unspecified atom stereocenters. The van der Waals surface area contributed by atoms with Crippen LogP contribution < -0.4 is 24.9 Å². The van der Waals surface area contributed by atoms with Gasteiger partial charge in [-0.1, -0.05) is 35.6 Å². The van der Waals surface area contributed by atoms with Crippen molar-refractivity contribution in [1.29, 1.82) is 0 Å². The number of nitrogens with one attached hydrogen (secondary N) is 1. The number of nitrogens with zero attached hydrogens (tertiary/aromatic N) is 2. The Hall–Kier alpha value is -4.29. The summed E-state index contributed by atoms with van der Waals surface area (Å²) >= 11 is 1.19. The van der Waals surface area contributed by atoms with Gasteiger partial charge in [-0.3, -0.25) is 9.36 Å². The number of benzene rings is 2. The molecule has 2 aromatic carbocycles. The first kappa shape index (κ1) is 27.3. The Bertz CT molecular complexity index is 1800. The molecule has 0 amide bonds. The van der Waals surface area contributed by atoms with Crippen molar-refractivity contribution in [3.8, 4) is 17.1 Å². The first-order valence-electron chi connectivity index (χ1n) is 12.5. The Balaban J connectivity index is 1.60. The number of aromatic nitrogens is 1. The summed E-state index contributed by atoms with van der Waals surface area (Å²) in [4.78, 5) is 31.8. The van der Waals surface area contributed by atoms with E-state index in [1.54, 1.807) is 76.4 Å². The topological polar surface area (TPSA) is 131 Å². The standard InChI is InChI=1S/C29H27N3O7S/c1-5-38-28(34)25-17(3)30-29-31(26(25)18-8-10-20(37-4)11-9-18)27(33)24(40-29)15-21-12-13-23(39-21)19-7-6-16(2)22(14-19)32(35)36/h6-15,26,32,35H,5H2,1-4H3/b24-15-. The fourth-order valence-electron chi connectivity index (χ4n) is 4.61. The van der Waals surface area contributed by atoms with E-state index < -0.39 is 17.2 Å². The molecule has 0 spiro atoms. The van der Waals surface area contributed by atoms with Crippen LogP contribution in [0.15, 0.2) is 80.1 Å². The average molecular weight is 562 g/mol. The van der Waals surface area contributed by atoms with Crippen LogP contribution in [0, 0.1) is 12.1 Å². The van der Waals surface area contributed by atoms with E-state index in [0.29, 0.717) is 54.6 Å². The van der Waals surface area contributed by atoms with Crippen LogP contribution in [0.4, 0.5) is 5.69 Å². The van der Waals surface area contributed by atoms with Crippen molar-refractivity contribution in [3.05, 3.63) is 108 Å². The lowest BCUT2D eigenvalue weighted by atomic mass is 9.96. The lowest BCUT2D eigenvalue weighted by Gasteiger charge is -2.24. The minimum atomic E-state index is -1.02. The molecule has 10 nitrogen and oxygen atoms in total. The van der Waals surface area contributed by atoms with Crippen LogP contribution in [-0.2, 0) is 9.53 Å². The third-order valence-corrected chi connectivity index (χ3v) is 7.58. The number of carbonyl (C=O) groups excluding carboxylic acids is 1. The quantitative estimate of drug-likeness (QED) is 0.262. The summed E-state index contributed by atoms with van der Waals surface area (Å²) in [6.45, 7) is 5.37. The van der Waals surface area contributed by atoms with Crippen LogP contribution in [0.2, 0.25) is 0 Å². The summed E-state index contributed by atoms with van der Waals surface area (Å²) < 4.78 is 18.4. The Morgan fingerprint density at radius 3 is 2.62 bits per heavy atom. The van der Waals surface area contributed by atoms with Gasteiger partial charge in [0.15, 0.2) is 10.5 Å². The van der Waals surface area contributed by atoms with Crippen molar-refractivity contribution in [2.75, 3.05) is 13.7 Å². The molecule has 5 rings (SSSR count). The molecule has 2 N–H and O–H groups in total. The first-order chi connectivity index (χ1) is 19.2. The highest BCUT2D eigenvalue weighted by Crippen LogP contribution is 2.32. The van der Waals surface area contributed by atoms with Gasteiger partial charge in [-0.25, -0.2) is 15.0 Å². The fourth-order valence-corrected chi connectivity index (χ4v) is 5.64. The highest BCUT2D eigenvalue weighted by Gasteiger charge is 2.33. The molecule has 1 aliphatic rings. The van der Waals surface area contributed by atoms with Crippen LogP contribution in [0.5, 0.6) is 5.75 Å². The Morgan fingerprint density at radius 1 is 1.20 bits per heavy atom. The number of furan rings is 1. The molecule has 0 bridgehead atoms. The minimum Gasteiger partial charge on any atom is -0.595 e. The van der Waals surface area contributed by atoms with Gasteiger partial charge in [0, 0.05) is 23.3 Å². The highest BCUT2D eigenvalue weighted by atomic mass is 32.1. The average Bonchev–Trinajstić information content (AvgIpc) is 3.52. The molecule has 2 atom stereocenters. The maximum absolute atomic E-state index is 13.8. The Labute approximate surface area is 232 Å². The van der Waals surface area contributed by atoms with E-state index in [1.807, 2.05) is 12.1 Å². The van der Waals surface area contributed by atoms with E-state index in [9.17, 15) is 20.0 Å². The monoisotopic (exact) mass is 561 g/mol. The molecule has 1 aliphatic heterocycles. The van der Waals surface area contributed by atoms with Gasteiger partial charge in [-0.05, 0) is 50.6 Å². The molecular formula is C29H27N3O7S. The fraction of sp³-hybridized carbons (Fsp3) is 0.207. The third kappa shape index (κ3) is 5.03. The van der Waals surface area contributed by atoms with Gasteiger partial charge < -0.3 is 19.1 Å². The zero-order chi connectivity index (χ0) is 28.6. The zero-order valence-corrected chi connectivity index (χ0v) is 23.1. The van der Waals surface area contributed by atoms with Crippen LogP contribution in [0.25, 0.3) is 17.4 Å². The molecule has 0 saturated heterocycles. The number of quaternary nitrogens is 1. The van der Waals surface area contributed by atoms with Crippen molar-refractivity contribution in [1.82, 2.24) is 4.57 Å². The van der Waals surface area contributed by atoms with Gasteiger partial charge >= 0.3 is 5.97 Å². The Morgan fingerprint density at radius 2 is 1.95 bits per heavy atom. The summed E-state index contributed by atoms with van der Waals surface area (Å²) in [7, 11) is 1.57. The molecule has 0 aliphatic carbocycles. The predicted molar refractivity (Wildman–Crippen MR) is 148 cm³/mol. The number of carbonyl (C=O) groups is 1. The second-order valence-corrected chi connectivity index (χ2v) is 10.1. The molecule has 0 radical (unpaired) electrons. The molecule has 0 saturated carbocycles. The molecule has 11 heteroatoms. The molecule has 40 heavy (non-hydrogen) atoms. The van der Waals surface area contributed by atoms with E-state index in [0.717, 1.165) is 0 Å². The smallest absolute Gasteiger partial charge is 0.338 e. The van der Waals surface area contributed by atoms with E-state index in [1.165, 1.54) is 15.9 Å². The van der Waals surface area contributed by atoms with E-state index >= 15 is 0 Å². The molecule has 3 heterocycles. The van der Waals surface area contributed by atoms with Crippen molar-refractivity contribution in [2.45, 2.75) is 26.8 Å². The number of ether oxygens (including phenoxy) is 2. The summed E-state index contributed by atoms with van der Waals surface area (Å²) in [6.07, 6.45) is 1.62. The lowest BCUT2D eigenvalue weighted by molar-refractivity contribution is -0.991. The summed E-state index contributed by atoms with van der Waals surface area (Å²) in [5, 5.41) is 20.0. The van der Waals surface area contributed by atoms with Gasteiger partial charge in [-0.15, -0.1) is 0 Å². The number of allylic oxidation sites excluding steroid dienone is 1. The Kier molecular flexibility index (Phi) is 7.55. The highest BCUT2D eigenvalue weighted by molar-refractivity contribution is 7.07. The van der Waals surface area contributed by atoms with Gasteiger partial charge in [0.2, 0.25) is 0 Å². The molecule has 206 valence electrons. The van der Waals surface area contributed by atoms with Gasteiger partial charge in [-0.2, -0.15) is 5.23 Å². The normalized spacial score (nSPS) is 15.9. The maximum atomic E-state index is 13.8. The van der Waals surface area contributed by atoms with Crippen LogP contribution in [0.1, 0.15) is 36.8 Å². The van der Waals surface area contributed by atoms with E-state index in [4.69, 9.17) is 13.9 Å². The SMILES string of the molecule is CCOC(=O)C1=C(C)N=c2s/c(=C\c3ccc(-c4ccc(C)c([NH+]([O-])O)c4)o3)c(=O)n2C1c1ccc(OC)cc1. The lowest BCUT2D eigenvalue weighted by Crippen LogP contribution is -2.99. The molecular weight excluding hydrogens is 534 g/mol.